The molecule has 2 heteroatoms. The van der Waals surface area contributed by atoms with Gasteiger partial charge in [0.1, 0.15) is 0 Å². The van der Waals surface area contributed by atoms with Gasteiger partial charge in [0.05, 0.1) is 0 Å². The van der Waals surface area contributed by atoms with E-state index in [0.717, 1.165) is 18.8 Å². The quantitative estimate of drug-likeness (QED) is 0.851. The van der Waals surface area contributed by atoms with E-state index in [-0.39, 0.29) is 5.54 Å². The van der Waals surface area contributed by atoms with Crippen LogP contribution < -0.4 is 5.73 Å². The van der Waals surface area contributed by atoms with Gasteiger partial charge in [0, 0.05) is 15.3 Å². The van der Waals surface area contributed by atoms with Gasteiger partial charge in [0.25, 0.3) is 0 Å². The minimum Gasteiger partial charge on any atom is -0.325 e. The van der Waals surface area contributed by atoms with Crippen molar-refractivity contribution in [2.45, 2.75) is 57.9 Å². The molecule has 0 aliphatic heterocycles. The Hall–Kier alpha value is -0.340. The molecule has 2 rings (SSSR count). The zero-order valence-electron chi connectivity index (χ0n) is 10.5. The van der Waals surface area contributed by atoms with Crippen LogP contribution in [0.4, 0.5) is 0 Å². The molecule has 1 heterocycles. The number of nitrogens with two attached hydrogens (primary N) is 1. The second-order valence-electron chi connectivity index (χ2n) is 5.44. The van der Waals surface area contributed by atoms with Gasteiger partial charge in [-0.15, -0.1) is 11.3 Å². The Balaban J connectivity index is 1.97. The summed E-state index contributed by atoms with van der Waals surface area (Å²) in [7, 11) is 0. The molecule has 0 bridgehead atoms. The van der Waals surface area contributed by atoms with Crippen molar-refractivity contribution in [2.75, 3.05) is 0 Å². The first kappa shape index (κ1) is 12.1. The standard InChI is InChI=1S/C14H23NS/c1-3-12-4-5-13(16-12)10-14(15)8-6-11(2)7-9-14/h4-5,11H,3,6-10,15H2,1-2H3. The Kier molecular flexibility index (Phi) is 3.70. The molecular weight excluding hydrogens is 214 g/mol. The van der Waals surface area contributed by atoms with Gasteiger partial charge in [-0.1, -0.05) is 13.8 Å². The lowest BCUT2D eigenvalue weighted by Crippen LogP contribution is -2.44. The topological polar surface area (TPSA) is 26.0 Å². The average molecular weight is 237 g/mol. The molecule has 1 aromatic heterocycles. The minimum atomic E-state index is 0.0857. The minimum absolute atomic E-state index is 0.0857. The molecule has 16 heavy (non-hydrogen) atoms. The predicted molar refractivity (Wildman–Crippen MR) is 72.0 cm³/mol. The Morgan fingerprint density at radius 3 is 2.50 bits per heavy atom. The molecule has 0 saturated heterocycles. The number of thiophene rings is 1. The highest BCUT2D eigenvalue weighted by Gasteiger charge is 2.30. The first-order chi connectivity index (χ1) is 7.61. The summed E-state index contributed by atoms with van der Waals surface area (Å²) >= 11 is 1.95. The molecule has 1 nitrogen and oxygen atoms in total. The third-order valence-corrected chi connectivity index (χ3v) is 5.09. The largest absolute Gasteiger partial charge is 0.325 e. The highest BCUT2D eigenvalue weighted by Crippen LogP contribution is 2.33. The van der Waals surface area contributed by atoms with Crippen LogP contribution in [0.5, 0.6) is 0 Å². The summed E-state index contributed by atoms with van der Waals surface area (Å²) in [6.45, 7) is 4.57. The summed E-state index contributed by atoms with van der Waals surface area (Å²) in [5.74, 6) is 0.881. The maximum absolute atomic E-state index is 6.51. The van der Waals surface area contributed by atoms with Crippen molar-refractivity contribution in [3.63, 3.8) is 0 Å². The number of hydrogen-bond acceptors (Lipinski definition) is 2. The monoisotopic (exact) mass is 237 g/mol. The number of aryl methyl sites for hydroxylation is 1. The summed E-state index contributed by atoms with van der Waals surface area (Å²) in [4.78, 5) is 2.97. The van der Waals surface area contributed by atoms with E-state index in [1.807, 2.05) is 11.3 Å². The number of hydrogen-bond donors (Lipinski definition) is 1. The van der Waals surface area contributed by atoms with E-state index in [1.165, 1.54) is 35.4 Å². The van der Waals surface area contributed by atoms with Gasteiger partial charge in [-0.2, -0.15) is 0 Å². The van der Waals surface area contributed by atoms with Gasteiger partial charge in [-0.25, -0.2) is 0 Å². The van der Waals surface area contributed by atoms with Crippen molar-refractivity contribution in [3.8, 4) is 0 Å². The molecule has 0 spiro atoms. The molecular formula is C14H23NS. The van der Waals surface area contributed by atoms with Gasteiger partial charge < -0.3 is 5.73 Å². The van der Waals surface area contributed by atoms with Gasteiger partial charge in [0.15, 0.2) is 0 Å². The van der Waals surface area contributed by atoms with Gasteiger partial charge in [-0.3, -0.25) is 0 Å². The lowest BCUT2D eigenvalue weighted by Gasteiger charge is -2.35. The Morgan fingerprint density at radius 2 is 1.94 bits per heavy atom. The van der Waals surface area contributed by atoms with Crippen molar-refractivity contribution in [2.24, 2.45) is 11.7 Å². The van der Waals surface area contributed by atoms with Gasteiger partial charge in [-0.05, 0) is 56.6 Å². The Labute approximate surface area is 103 Å². The van der Waals surface area contributed by atoms with E-state index in [4.69, 9.17) is 5.73 Å². The molecule has 2 N–H and O–H groups in total. The Morgan fingerprint density at radius 1 is 1.31 bits per heavy atom. The summed E-state index contributed by atoms with van der Waals surface area (Å²) in [5, 5.41) is 0. The fourth-order valence-corrected chi connectivity index (χ4v) is 3.68. The first-order valence-corrected chi connectivity index (χ1v) is 7.29. The van der Waals surface area contributed by atoms with Crippen molar-refractivity contribution >= 4 is 11.3 Å². The summed E-state index contributed by atoms with van der Waals surface area (Å²) < 4.78 is 0. The molecule has 0 unspecified atom stereocenters. The van der Waals surface area contributed by atoms with E-state index in [1.54, 1.807) is 0 Å². The van der Waals surface area contributed by atoms with E-state index < -0.39 is 0 Å². The fraction of sp³-hybridized carbons (Fsp3) is 0.714. The van der Waals surface area contributed by atoms with Crippen LogP contribution >= 0.6 is 11.3 Å². The van der Waals surface area contributed by atoms with Crippen molar-refractivity contribution in [3.05, 3.63) is 21.9 Å². The van der Waals surface area contributed by atoms with E-state index in [2.05, 4.69) is 26.0 Å². The van der Waals surface area contributed by atoms with Gasteiger partial charge in [0.2, 0.25) is 0 Å². The van der Waals surface area contributed by atoms with Crippen molar-refractivity contribution in [1.29, 1.82) is 0 Å². The molecule has 1 aliphatic carbocycles. The predicted octanol–water partition coefficient (Wildman–Crippen LogP) is 3.76. The fourth-order valence-electron chi connectivity index (χ4n) is 2.57. The third kappa shape index (κ3) is 2.86. The molecule has 1 aromatic rings. The van der Waals surface area contributed by atoms with Gasteiger partial charge >= 0.3 is 0 Å². The van der Waals surface area contributed by atoms with Crippen LogP contribution in [0.15, 0.2) is 12.1 Å². The summed E-state index contributed by atoms with van der Waals surface area (Å²) in [5.41, 5.74) is 6.60. The van der Waals surface area contributed by atoms with Crippen LogP contribution in [0.3, 0.4) is 0 Å². The SMILES string of the molecule is CCc1ccc(CC2(N)CCC(C)CC2)s1. The second kappa shape index (κ2) is 4.89. The molecule has 0 atom stereocenters. The van der Waals surface area contributed by atoms with Crippen LogP contribution in [0.2, 0.25) is 0 Å². The smallest absolute Gasteiger partial charge is 0.0203 e. The maximum Gasteiger partial charge on any atom is 0.0203 e. The van der Waals surface area contributed by atoms with E-state index >= 15 is 0 Å². The number of rotatable bonds is 3. The molecule has 0 amide bonds. The first-order valence-electron chi connectivity index (χ1n) is 6.48. The highest BCUT2D eigenvalue weighted by molar-refractivity contribution is 7.12. The third-order valence-electron chi connectivity index (χ3n) is 3.86. The molecule has 0 aromatic carbocycles. The molecule has 1 saturated carbocycles. The van der Waals surface area contributed by atoms with Crippen LogP contribution in [-0.4, -0.2) is 5.54 Å². The average Bonchev–Trinajstić information content (AvgIpc) is 2.70. The zero-order chi connectivity index (χ0) is 11.6. The lowest BCUT2D eigenvalue weighted by atomic mass is 9.76. The molecule has 1 fully saturated rings. The molecule has 90 valence electrons. The second-order valence-corrected chi connectivity index (χ2v) is 6.70. The summed E-state index contributed by atoms with van der Waals surface area (Å²) in [6, 6.07) is 4.53. The molecule has 1 aliphatic rings. The summed E-state index contributed by atoms with van der Waals surface area (Å²) in [6.07, 6.45) is 7.26. The normalized spacial score (nSPS) is 30.6. The van der Waals surface area contributed by atoms with E-state index in [0.29, 0.717) is 0 Å². The van der Waals surface area contributed by atoms with Crippen LogP contribution in [0.1, 0.15) is 49.3 Å². The lowest BCUT2D eigenvalue weighted by molar-refractivity contribution is 0.245. The maximum atomic E-state index is 6.51. The van der Waals surface area contributed by atoms with Crippen LogP contribution in [0.25, 0.3) is 0 Å². The van der Waals surface area contributed by atoms with E-state index in [9.17, 15) is 0 Å². The zero-order valence-corrected chi connectivity index (χ0v) is 11.3. The molecule has 0 radical (unpaired) electrons. The van der Waals surface area contributed by atoms with Crippen LogP contribution in [0, 0.1) is 5.92 Å². The van der Waals surface area contributed by atoms with Crippen molar-refractivity contribution < 1.29 is 0 Å². The van der Waals surface area contributed by atoms with Crippen LogP contribution in [-0.2, 0) is 12.8 Å². The van der Waals surface area contributed by atoms with Crippen molar-refractivity contribution in [1.82, 2.24) is 0 Å². The highest BCUT2D eigenvalue weighted by atomic mass is 32.1. The Bertz CT molecular complexity index is 334.